The van der Waals surface area contributed by atoms with E-state index >= 15 is 0 Å². The molecular weight excluding hydrogens is 260 g/mol. The molecule has 0 aromatic rings. The zero-order chi connectivity index (χ0) is 15.0. The molecule has 2 atom stereocenters. The molecule has 0 radical (unpaired) electrons. The number of carbonyl (C=O) groups is 3. The van der Waals surface area contributed by atoms with E-state index < -0.39 is 49.8 Å². The van der Waals surface area contributed by atoms with E-state index in [1.54, 1.807) is 0 Å². The Morgan fingerprint density at radius 2 is 1.79 bits per heavy atom. The topological polar surface area (TPSA) is 130 Å². The van der Waals surface area contributed by atoms with Gasteiger partial charge in [0.15, 0.2) is 6.10 Å². The van der Waals surface area contributed by atoms with Crippen molar-refractivity contribution in [2.24, 2.45) is 0 Å². The van der Waals surface area contributed by atoms with E-state index in [-0.39, 0.29) is 5.57 Å². The van der Waals surface area contributed by atoms with Crippen molar-refractivity contribution in [1.82, 2.24) is 0 Å². The van der Waals surface area contributed by atoms with Crippen LogP contribution < -0.4 is 0 Å². The van der Waals surface area contributed by atoms with E-state index in [1.165, 1.54) is 6.92 Å². The maximum absolute atomic E-state index is 11.2. The lowest BCUT2D eigenvalue weighted by molar-refractivity contribution is -0.208. The van der Waals surface area contributed by atoms with Crippen molar-refractivity contribution in [3.63, 3.8) is 0 Å². The third-order valence-corrected chi connectivity index (χ3v) is 1.86. The molecule has 8 nitrogen and oxygen atoms in total. The summed E-state index contributed by atoms with van der Waals surface area (Å²) in [5.41, 5.74) is 0.0109. The Morgan fingerprint density at radius 3 is 2.21 bits per heavy atom. The normalized spacial score (nSPS) is 13.2. The Balaban J connectivity index is 4.51. The highest BCUT2D eigenvalue weighted by molar-refractivity contribution is 5.87. The lowest BCUT2D eigenvalue weighted by atomic mass is 10.3. The number of carbonyl (C=O) groups excluding carboxylic acids is 2. The van der Waals surface area contributed by atoms with E-state index in [4.69, 9.17) is 10.2 Å². The highest BCUT2D eigenvalue weighted by Crippen LogP contribution is 2.08. The van der Waals surface area contributed by atoms with Gasteiger partial charge in [0.2, 0.25) is 0 Å². The average Bonchev–Trinajstić information content (AvgIpc) is 2.34. The number of ether oxygens (including phenoxy) is 2. The second-order valence-electron chi connectivity index (χ2n) is 3.69. The van der Waals surface area contributed by atoms with Crippen molar-refractivity contribution in [1.29, 1.82) is 0 Å². The van der Waals surface area contributed by atoms with E-state index in [9.17, 15) is 19.5 Å². The summed E-state index contributed by atoms with van der Waals surface area (Å²) in [6.45, 7) is 3.83. The first-order chi connectivity index (χ1) is 8.77. The van der Waals surface area contributed by atoms with E-state index in [0.717, 1.165) is 0 Å². The Kier molecular flexibility index (Phi) is 7.39. The maximum atomic E-state index is 11.2. The second-order valence-corrected chi connectivity index (χ2v) is 3.69. The van der Waals surface area contributed by atoms with Crippen molar-refractivity contribution in [3.8, 4) is 0 Å². The number of rotatable bonds is 8. The summed E-state index contributed by atoms with van der Waals surface area (Å²) < 4.78 is 9.18. The molecule has 19 heavy (non-hydrogen) atoms. The van der Waals surface area contributed by atoms with Crippen LogP contribution in [0, 0.1) is 0 Å². The molecule has 0 bridgehead atoms. The van der Waals surface area contributed by atoms with Gasteiger partial charge in [-0.1, -0.05) is 6.58 Å². The molecule has 0 saturated carbocycles. The maximum Gasteiger partial charge on any atom is 0.336 e. The number of carboxylic acids is 1. The number of hydrogen-bond acceptors (Lipinski definition) is 7. The summed E-state index contributed by atoms with van der Waals surface area (Å²) in [6, 6.07) is 0. The smallest absolute Gasteiger partial charge is 0.336 e. The van der Waals surface area contributed by atoms with Gasteiger partial charge in [0, 0.05) is 5.57 Å². The van der Waals surface area contributed by atoms with E-state index in [1.807, 2.05) is 0 Å². The molecule has 0 saturated heterocycles. The van der Waals surface area contributed by atoms with Gasteiger partial charge < -0.3 is 24.8 Å². The lowest BCUT2D eigenvalue weighted by Gasteiger charge is -2.21. The van der Waals surface area contributed by atoms with Crippen LogP contribution in [0.2, 0.25) is 0 Å². The molecule has 0 aliphatic carbocycles. The summed E-state index contributed by atoms with van der Waals surface area (Å²) in [5, 5.41) is 26.4. The molecule has 0 aliphatic rings. The summed E-state index contributed by atoms with van der Waals surface area (Å²) >= 11 is 0. The minimum absolute atomic E-state index is 0.0109. The van der Waals surface area contributed by atoms with Crippen LogP contribution in [-0.4, -0.2) is 52.2 Å². The van der Waals surface area contributed by atoms with Crippen LogP contribution in [0.15, 0.2) is 12.2 Å². The molecule has 0 fully saturated rings. The van der Waals surface area contributed by atoms with Gasteiger partial charge in [-0.2, -0.15) is 0 Å². The van der Waals surface area contributed by atoms with Crippen LogP contribution in [0.3, 0.4) is 0 Å². The Labute approximate surface area is 109 Å². The third-order valence-electron chi connectivity index (χ3n) is 1.86. The fraction of sp³-hybridized carbons (Fsp3) is 0.545. The number of aliphatic hydroxyl groups excluding tert-OH is 2. The van der Waals surface area contributed by atoms with Crippen LogP contribution in [0.5, 0.6) is 0 Å². The van der Waals surface area contributed by atoms with Crippen molar-refractivity contribution < 1.29 is 39.2 Å². The van der Waals surface area contributed by atoms with Gasteiger partial charge in [-0.05, 0) is 6.92 Å². The molecule has 0 aromatic carbocycles. The van der Waals surface area contributed by atoms with Gasteiger partial charge in [-0.3, -0.25) is 9.59 Å². The minimum Gasteiger partial charge on any atom is -0.481 e. The molecule has 8 heteroatoms. The van der Waals surface area contributed by atoms with Crippen molar-refractivity contribution in [3.05, 3.63) is 12.2 Å². The summed E-state index contributed by atoms with van der Waals surface area (Å²) in [5.74, 6) is -3.09. The van der Waals surface area contributed by atoms with E-state index in [0.29, 0.717) is 0 Å². The second kappa shape index (κ2) is 8.22. The fourth-order valence-corrected chi connectivity index (χ4v) is 0.871. The van der Waals surface area contributed by atoms with Crippen LogP contribution in [0.4, 0.5) is 0 Å². The van der Waals surface area contributed by atoms with E-state index in [2.05, 4.69) is 16.1 Å². The SMILES string of the molecule is C=C(C)C(=O)OC(OC(=O)CCC(=O)O)C(O)CO. The van der Waals surface area contributed by atoms with Crippen molar-refractivity contribution in [2.75, 3.05) is 6.61 Å². The molecule has 0 aliphatic heterocycles. The van der Waals surface area contributed by atoms with Crippen LogP contribution >= 0.6 is 0 Å². The molecule has 108 valence electrons. The fourth-order valence-electron chi connectivity index (χ4n) is 0.871. The van der Waals surface area contributed by atoms with Crippen LogP contribution in [0.1, 0.15) is 19.8 Å². The van der Waals surface area contributed by atoms with Gasteiger partial charge >= 0.3 is 17.9 Å². The number of aliphatic hydroxyl groups is 2. The molecule has 0 spiro atoms. The molecule has 3 N–H and O–H groups in total. The number of hydrogen-bond donors (Lipinski definition) is 3. The quantitative estimate of drug-likeness (QED) is 0.298. The number of carboxylic acid groups (broad SMARTS) is 1. The highest BCUT2D eigenvalue weighted by Gasteiger charge is 2.27. The first-order valence-electron chi connectivity index (χ1n) is 5.34. The monoisotopic (exact) mass is 276 g/mol. The van der Waals surface area contributed by atoms with Crippen molar-refractivity contribution in [2.45, 2.75) is 32.2 Å². The largest absolute Gasteiger partial charge is 0.481 e. The first kappa shape index (κ1) is 17.1. The molecule has 0 rings (SSSR count). The molecule has 0 aromatic heterocycles. The number of esters is 2. The van der Waals surface area contributed by atoms with Gasteiger partial charge in [0.1, 0.15) is 0 Å². The number of aliphatic carboxylic acids is 1. The summed E-state index contributed by atoms with van der Waals surface area (Å²) in [7, 11) is 0. The van der Waals surface area contributed by atoms with Crippen LogP contribution in [0.25, 0.3) is 0 Å². The minimum atomic E-state index is -1.71. The lowest BCUT2D eigenvalue weighted by Crippen LogP contribution is -2.38. The van der Waals surface area contributed by atoms with Crippen molar-refractivity contribution >= 4 is 17.9 Å². The molecular formula is C11H16O8. The third kappa shape index (κ3) is 7.17. The molecule has 2 unspecified atom stereocenters. The van der Waals surface area contributed by atoms with Gasteiger partial charge in [0.25, 0.3) is 6.29 Å². The van der Waals surface area contributed by atoms with Gasteiger partial charge in [0.05, 0.1) is 19.4 Å². The zero-order valence-corrected chi connectivity index (χ0v) is 10.4. The Hall–Kier alpha value is -1.93. The zero-order valence-electron chi connectivity index (χ0n) is 10.4. The molecule has 0 amide bonds. The summed E-state index contributed by atoms with van der Waals surface area (Å²) in [4.78, 5) is 32.7. The highest BCUT2D eigenvalue weighted by atomic mass is 16.7. The standard InChI is InChI=1S/C11H16O8/c1-6(2)10(17)19-11(7(13)5-12)18-9(16)4-3-8(14)15/h7,11-13H,1,3-5H2,2H3,(H,14,15). The Morgan fingerprint density at radius 1 is 1.21 bits per heavy atom. The predicted octanol–water partition coefficient (Wildman–Crippen LogP) is -0.807. The van der Waals surface area contributed by atoms with Crippen LogP contribution in [-0.2, 0) is 23.9 Å². The molecule has 0 heterocycles. The van der Waals surface area contributed by atoms with Gasteiger partial charge in [-0.25, -0.2) is 4.79 Å². The predicted molar refractivity (Wildman–Crippen MR) is 60.7 cm³/mol. The Bertz CT molecular complexity index is 362. The first-order valence-corrected chi connectivity index (χ1v) is 5.34. The van der Waals surface area contributed by atoms with Gasteiger partial charge in [-0.15, -0.1) is 0 Å². The summed E-state index contributed by atoms with van der Waals surface area (Å²) in [6.07, 6.45) is -4.25. The average molecular weight is 276 g/mol.